The molecule has 0 radical (unpaired) electrons. The van der Waals surface area contributed by atoms with Gasteiger partial charge >= 0.3 is 0 Å². The summed E-state index contributed by atoms with van der Waals surface area (Å²) in [5, 5.41) is 2.91. The summed E-state index contributed by atoms with van der Waals surface area (Å²) >= 11 is 0. The molecule has 1 saturated heterocycles. The maximum atomic E-state index is 13.3. The maximum Gasteiger partial charge on any atom is 0.265 e. The van der Waals surface area contributed by atoms with Crippen molar-refractivity contribution in [2.75, 3.05) is 37.7 Å². The van der Waals surface area contributed by atoms with Gasteiger partial charge in [0, 0.05) is 19.6 Å². The smallest absolute Gasteiger partial charge is 0.265 e. The van der Waals surface area contributed by atoms with Crippen molar-refractivity contribution in [2.24, 2.45) is 0 Å². The molecule has 2 heterocycles. The molecule has 3 aromatic rings. The van der Waals surface area contributed by atoms with E-state index in [1.807, 2.05) is 30.3 Å². The molecule has 0 aliphatic carbocycles. The topological polar surface area (TPSA) is 105 Å². The summed E-state index contributed by atoms with van der Waals surface area (Å²) in [6.45, 7) is 3.02. The molecule has 0 saturated carbocycles. The quantitative estimate of drug-likeness (QED) is 0.428. The van der Waals surface area contributed by atoms with Gasteiger partial charge in [-0.1, -0.05) is 42.5 Å². The lowest BCUT2D eigenvalue weighted by Crippen LogP contribution is -2.52. The molecule has 10 heteroatoms. The molecule has 1 N–H and O–H groups in total. The van der Waals surface area contributed by atoms with Gasteiger partial charge in [-0.25, -0.2) is 8.42 Å². The summed E-state index contributed by atoms with van der Waals surface area (Å²) < 4.78 is 39.0. The van der Waals surface area contributed by atoms with Crippen LogP contribution in [0, 0.1) is 6.92 Å². The molecule has 1 atom stereocenters. The fraction of sp³-hybridized carbons (Fsp3) is 0.333. The van der Waals surface area contributed by atoms with E-state index < -0.39 is 16.1 Å². The number of para-hydroxylation sites is 2. The van der Waals surface area contributed by atoms with Crippen LogP contribution < -0.4 is 19.7 Å². The van der Waals surface area contributed by atoms with Crippen molar-refractivity contribution in [1.29, 1.82) is 0 Å². The predicted molar refractivity (Wildman–Crippen MR) is 151 cm³/mol. The summed E-state index contributed by atoms with van der Waals surface area (Å²) in [4.78, 5) is 28.0. The summed E-state index contributed by atoms with van der Waals surface area (Å²) in [7, 11) is -3.55. The zero-order chi connectivity index (χ0) is 28.1. The number of ether oxygens (including phenoxy) is 2. The number of anilines is 1. The van der Waals surface area contributed by atoms with Crippen molar-refractivity contribution in [2.45, 2.75) is 37.2 Å². The zero-order valence-electron chi connectivity index (χ0n) is 22.4. The van der Waals surface area contributed by atoms with Crippen LogP contribution in [-0.2, 0) is 26.0 Å². The van der Waals surface area contributed by atoms with Gasteiger partial charge in [-0.05, 0) is 67.6 Å². The van der Waals surface area contributed by atoms with E-state index in [-0.39, 0.29) is 29.9 Å². The molecule has 3 aromatic carbocycles. The van der Waals surface area contributed by atoms with Gasteiger partial charge in [0.1, 0.15) is 11.5 Å². The monoisotopic (exact) mass is 563 g/mol. The van der Waals surface area contributed by atoms with Gasteiger partial charge in [-0.2, -0.15) is 4.31 Å². The van der Waals surface area contributed by atoms with Crippen LogP contribution in [0.5, 0.6) is 11.5 Å². The van der Waals surface area contributed by atoms with Crippen LogP contribution >= 0.6 is 0 Å². The van der Waals surface area contributed by atoms with Crippen molar-refractivity contribution >= 4 is 27.5 Å². The summed E-state index contributed by atoms with van der Waals surface area (Å²) in [5.74, 6) is 0.226. The van der Waals surface area contributed by atoms with Crippen molar-refractivity contribution in [3.63, 3.8) is 0 Å². The number of carbonyl (C=O) groups excluding carboxylic acids is 2. The fourth-order valence-electron chi connectivity index (χ4n) is 4.93. The molecule has 1 unspecified atom stereocenters. The van der Waals surface area contributed by atoms with Crippen LogP contribution in [0.15, 0.2) is 77.7 Å². The molecule has 210 valence electrons. The highest BCUT2D eigenvalue weighted by Crippen LogP contribution is 2.33. The van der Waals surface area contributed by atoms with Crippen molar-refractivity contribution in [3.8, 4) is 11.5 Å². The normalized spacial score (nSPS) is 17.1. The third-order valence-corrected chi connectivity index (χ3v) is 9.02. The van der Waals surface area contributed by atoms with E-state index in [9.17, 15) is 18.0 Å². The molecule has 0 spiro atoms. The molecular weight excluding hydrogens is 530 g/mol. The lowest BCUT2D eigenvalue weighted by Gasteiger charge is -2.34. The Morgan fingerprint density at radius 3 is 2.48 bits per heavy atom. The number of hydrogen-bond acceptors (Lipinski definition) is 6. The van der Waals surface area contributed by atoms with Crippen LogP contribution in [0.25, 0.3) is 0 Å². The number of benzene rings is 3. The molecule has 5 rings (SSSR count). The van der Waals surface area contributed by atoms with E-state index in [4.69, 9.17) is 9.47 Å². The van der Waals surface area contributed by atoms with Crippen LogP contribution in [-0.4, -0.2) is 63.4 Å². The first-order chi connectivity index (χ1) is 19.3. The summed E-state index contributed by atoms with van der Waals surface area (Å²) in [6, 6.07) is 21.6. The second-order valence-electron chi connectivity index (χ2n) is 9.93. The first-order valence-corrected chi connectivity index (χ1v) is 14.9. The van der Waals surface area contributed by atoms with E-state index in [1.165, 1.54) is 15.3 Å². The van der Waals surface area contributed by atoms with Crippen molar-refractivity contribution < 1.29 is 27.5 Å². The Hall–Kier alpha value is -3.89. The minimum Gasteiger partial charge on any atom is -0.483 e. The van der Waals surface area contributed by atoms with E-state index in [1.54, 1.807) is 43.3 Å². The third-order valence-electron chi connectivity index (χ3n) is 7.12. The Morgan fingerprint density at radius 1 is 1.00 bits per heavy atom. The van der Waals surface area contributed by atoms with Crippen molar-refractivity contribution in [1.82, 2.24) is 9.62 Å². The van der Waals surface area contributed by atoms with Crippen molar-refractivity contribution in [3.05, 3.63) is 83.9 Å². The average Bonchev–Trinajstić information content (AvgIpc) is 3.52. The van der Waals surface area contributed by atoms with Gasteiger partial charge in [0.15, 0.2) is 12.7 Å². The van der Waals surface area contributed by atoms with E-state index >= 15 is 0 Å². The second kappa shape index (κ2) is 12.1. The Kier molecular flexibility index (Phi) is 8.37. The lowest BCUT2D eigenvalue weighted by atomic mass is 10.1. The number of nitrogens with one attached hydrogen (secondary N) is 1. The first kappa shape index (κ1) is 27.7. The number of fused-ring (bicyclic) bond motifs is 1. The first-order valence-electron chi connectivity index (χ1n) is 13.4. The van der Waals surface area contributed by atoms with Crippen LogP contribution in [0.2, 0.25) is 0 Å². The highest BCUT2D eigenvalue weighted by molar-refractivity contribution is 7.89. The number of amides is 2. The van der Waals surface area contributed by atoms with Gasteiger partial charge in [0.2, 0.25) is 10.0 Å². The van der Waals surface area contributed by atoms with E-state index in [2.05, 4.69) is 5.32 Å². The summed E-state index contributed by atoms with van der Waals surface area (Å²) in [5.41, 5.74) is 2.29. The Balaban J connectivity index is 1.23. The second-order valence-corrected chi connectivity index (χ2v) is 11.9. The minimum atomic E-state index is -3.55. The lowest BCUT2D eigenvalue weighted by molar-refractivity contribution is -0.128. The largest absolute Gasteiger partial charge is 0.483 e. The number of sulfonamides is 1. The van der Waals surface area contributed by atoms with Gasteiger partial charge in [-0.15, -0.1) is 0 Å². The molecule has 2 aliphatic heterocycles. The number of aryl methyl sites for hydroxylation is 1. The van der Waals surface area contributed by atoms with E-state index in [0.29, 0.717) is 48.8 Å². The molecule has 2 amide bonds. The Morgan fingerprint density at radius 2 is 1.73 bits per heavy atom. The van der Waals surface area contributed by atoms with Crippen LogP contribution in [0.4, 0.5) is 5.69 Å². The average molecular weight is 564 g/mol. The highest BCUT2D eigenvalue weighted by atomic mass is 32.2. The minimum absolute atomic E-state index is 0.0440. The van der Waals surface area contributed by atoms with E-state index in [0.717, 1.165) is 18.4 Å². The van der Waals surface area contributed by atoms with Crippen LogP contribution in [0.3, 0.4) is 0 Å². The standard InChI is InChI=1S/C30H33N3O6S/c1-22-19-24(40(36,37)32-17-7-8-18-32)13-14-26(22)38-21-29(34)33-20-28(39-27-12-6-5-11-25(27)33)30(35)31-16-15-23-9-3-2-4-10-23/h2-6,9-14,19,28H,7-8,15-18,20-21H2,1H3,(H,31,35). The van der Waals surface area contributed by atoms with Gasteiger partial charge in [0.25, 0.3) is 11.8 Å². The fourth-order valence-corrected chi connectivity index (χ4v) is 6.54. The molecular formula is C30H33N3O6S. The highest BCUT2D eigenvalue weighted by Gasteiger charge is 2.34. The van der Waals surface area contributed by atoms with Gasteiger partial charge in [-0.3, -0.25) is 9.59 Å². The SMILES string of the molecule is Cc1cc(S(=O)(=O)N2CCCC2)ccc1OCC(=O)N1CC(C(=O)NCCc2ccccc2)Oc2ccccc21. The Labute approximate surface area is 234 Å². The molecule has 0 bridgehead atoms. The Bertz CT molecular complexity index is 1470. The molecule has 2 aliphatic rings. The number of nitrogens with zero attached hydrogens (tertiary/aromatic N) is 2. The zero-order valence-corrected chi connectivity index (χ0v) is 23.2. The predicted octanol–water partition coefficient (Wildman–Crippen LogP) is 3.31. The summed E-state index contributed by atoms with van der Waals surface area (Å²) in [6.07, 6.45) is 1.54. The van der Waals surface area contributed by atoms with Gasteiger partial charge < -0.3 is 19.7 Å². The molecule has 9 nitrogen and oxygen atoms in total. The molecule has 0 aromatic heterocycles. The third kappa shape index (κ3) is 6.13. The number of rotatable bonds is 9. The van der Waals surface area contributed by atoms with Crippen LogP contribution in [0.1, 0.15) is 24.0 Å². The molecule has 40 heavy (non-hydrogen) atoms. The number of hydrogen-bond donors (Lipinski definition) is 1. The van der Waals surface area contributed by atoms with Gasteiger partial charge in [0.05, 0.1) is 17.1 Å². The maximum absolute atomic E-state index is 13.3. The molecule has 1 fully saturated rings. The number of carbonyl (C=O) groups is 2.